The summed E-state index contributed by atoms with van der Waals surface area (Å²) in [4.78, 5) is 24.8. The minimum absolute atomic E-state index is 0.0170. The largest absolute Gasteiger partial charge is 0.423 e. The van der Waals surface area contributed by atoms with Gasteiger partial charge >= 0.3 is 18.1 Å². The Labute approximate surface area is 181 Å². The second-order valence-corrected chi connectivity index (χ2v) is 7.08. The van der Waals surface area contributed by atoms with Gasteiger partial charge in [0.15, 0.2) is 0 Å². The summed E-state index contributed by atoms with van der Waals surface area (Å²) >= 11 is 0. The van der Waals surface area contributed by atoms with Crippen LogP contribution < -0.4 is 20.9 Å². The molecule has 0 unspecified atom stereocenters. The van der Waals surface area contributed by atoms with Crippen LogP contribution in [0.25, 0.3) is 0 Å². The summed E-state index contributed by atoms with van der Waals surface area (Å²) in [5.41, 5.74) is 11.0. The van der Waals surface area contributed by atoms with Gasteiger partial charge in [0.05, 0.1) is 16.7 Å². The molecule has 166 valence electrons. The predicted octanol–water partition coefficient (Wildman–Crippen LogP) is 4.93. The second-order valence-electron chi connectivity index (χ2n) is 7.08. The third kappa shape index (κ3) is 5.00. The van der Waals surface area contributed by atoms with Gasteiger partial charge in [0, 0.05) is 11.4 Å². The van der Waals surface area contributed by atoms with Gasteiger partial charge in [-0.15, -0.1) is 0 Å². The number of hydrogen-bond donors (Lipinski definition) is 2. The number of aryl methyl sites for hydroxylation is 2. The Bertz CT molecular complexity index is 1210. The molecule has 0 heterocycles. The summed E-state index contributed by atoms with van der Waals surface area (Å²) < 4.78 is 50.2. The van der Waals surface area contributed by atoms with Crippen molar-refractivity contribution in [2.45, 2.75) is 20.0 Å². The van der Waals surface area contributed by atoms with E-state index >= 15 is 0 Å². The number of hydrogen-bond acceptors (Lipinski definition) is 6. The Hall–Kier alpha value is -4.01. The molecule has 0 aromatic heterocycles. The molecule has 0 fully saturated rings. The van der Waals surface area contributed by atoms with E-state index in [4.69, 9.17) is 20.9 Å². The number of carbonyl (C=O) groups is 2. The highest BCUT2D eigenvalue weighted by atomic mass is 19.4. The second kappa shape index (κ2) is 8.62. The van der Waals surface area contributed by atoms with Crippen LogP contribution in [0.15, 0.2) is 54.6 Å². The number of alkyl halides is 3. The number of nitrogens with two attached hydrogens (primary N) is 2. The van der Waals surface area contributed by atoms with E-state index in [-0.39, 0.29) is 17.2 Å². The standard InChI is InChI=1S/C23H19F3N2O4/c1-12-9-14(27)3-6-17(12)21(29)31-16-5-8-20(13(2)10-16)32-22(30)18-7-4-15(28)11-19(18)23(24,25)26/h3-11H,27-28H2,1-2H3. The molecule has 0 saturated heterocycles. The number of esters is 2. The molecule has 3 aromatic carbocycles. The van der Waals surface area contributed by atoms with Crippen LogP contribution in [0.3, 0.4) is 0 Å². The maximum absolute atomic E-state index is 13.3. The Morgan fingerprint density at radius 2 is 1.34 bits per heavy atom. The van der Waals surface area contributed by atoms with Crippen LogP contribution in [0.2, 0.25) is 0 Å². The number of nitrogen functional groups attached to an aromatic ring is 2. The molecule has 9 heteroatoms. The maximum Gasteiger partial charge on any atom is 0.417 e. The van der Waals surface area contributed by atoms with Crippen molar-refractivity contribution in [3.8, 4) is 11.5 Å². The molecular formula is C23H19F3N2O4. The summed E-state index contributed by atoms with van der Waals surface area (Å²) in [5.74, 6) is -1.61. The van der Waals surface area contributed by atoms with Crippen molar-refractivity contribution in [3.63, 3.8) is 0 Å². The summed E-state index contributed by atoms with van der Waals surface area (Å²) in [5, 5.41) is 0. The van der Waals surface area contributed by atoms with Crippen molar-refractivity contribution in [1.29, 1.82) is 0 Å². The summed E-state index contributed by atoms with van der Waals surface area (Å²) in [6.07, 6.45) is -4.78. The maximum atomic E-state index is 13.3. The van der Waals surface area contributed by atoms with Gasteiger partial charge in [0.2, 0.25) is 0 Å². The van der Waals surface area contributed by atoms with Crippen LogP contribution in [0, 0.1) is 13.8 Å². The fraction of sp³-hybridized carbons (Fsp3) is 0.130. The molecule has 0 bridgehead atoms. The van der Waals surface area contributed by atoms with Crippen molar-refractivity contribution in [1.82, 2.24) is 0 Å². The molecule has 0 atom stereocenters. The fourth-order valence-corrected chi connectivity index (χ4v) is 3.01. The van der Waals surface area contributed by atoms with Crippen molar-refractivity contribution in [3.05, 3.63) is 82.4 Å². The van der Waals surface area contributed by atoms with Crippen molar-refractivity contribution >= 4 is 23.3 Å². The number of anilines is 2. The number of halogens is 3. The van der Waals surface area contributed by atoms with E-state index in [1.807, 2.05) is 0 Å². The van der Waals surface area contributed by atoms with E-state index in [0.29, 0.717) is 28.4 Å². The number of ether oxygens (including phenoxy) is 2. The third-order valence-corrected chi connectivity index (χ3v) is 4.60. The molecule has 0 spiro atoms. The zero-order chi connectivity index (χ0) is 23.6. The Morgan fingerprint density at radius 3 is 1.94 bits per heavy atom. The molecule has 0 radical (unpaired) electrons. The van der Waals surface area contributed by atoms with E-state index < -0.39 is 29.2 Å². The van der Waals surface area contributed by atoms with E-state index in [2.05, 4.69) is 0 Å². The predicted molar refractivity (Wildman–Crippen MR) is 113 cm³/mol. The molecule has 0 amide bonds. The smallest absolute Gasteiger partial charge is 0.417 e. The zero-order valence-electron chi connectivity index (χ0n) is 17.1. The van der Waals surface area contributed by atoms with Crippen LogP contribution in [0.4, 0.5) is 24.5 Å². The summed E-state index contributed by atoms with van der Waals surface area (Å²) in [6.45, 7) is 3.27. The van der Waals surface area contributed by atoms with Gasteiger partial charge < -0.3 is 20.9 Å². The first-order valence-corrected chi connectivity index (χ1v) is 9.33. The molecule has 3 aromatic rings. The molecule has 32 heavy (non-hydrogen) atoms. The van der Waals surface area contributed by atoms with E-state index in [1.54, 1.807) is 32.0 Å². The van der Waals surface area contributed by atoms with Gasteiger partial charge in [-0.3, -0.25) is 0 Å². The van der Waals surface area contributed by atoms with E-state index in [0.717, 1.165) is 6.07 Å². The lowest BCUT2D eigenvalue weighted by atomic mass is 10.1. The molecular weight excluding hydrogens is 425 g/mol. The molecule has 0 aliphatic rings. The number of rotatable bonds is 4. The monoisotopic (exact) mass is 444 g/mol. The lowest BCUT2D eigenvalue weighted by Gasteiger charge is -2.14. The van der Waals surface area contributed by atoms with Crippen molar-refractivity contribution in [2.75, 3.05) is 11.5 Å². The Balaban J connectivity index is 1.79. The van der Waals surface area contributed by atoms with Crippen LogP contribution in [0.1, 0.15) is 37.4 Å². The Morgan fingerprint density at radius 1 is 0.750 bits per heavy atom. The highest BCUT2D eigenvalue weighted by Gasteiger charge is 2.36. The first-order chi connectivity index (χ1) is 15.0. The highest BCUT2D eigenvalue weighted by molar-refractivity contribution is 5.94. The van der Waals surface area contributed by atoms with Crippen LogP contribution in [-0.4, -0.2) is 11.9 Å². The van der Waals surface area contributed by atoms with Gasteiger partial charge in [-0.2, -0.15) is 13.2 Å². The van der Waals surface area contributed by atoms with Crippen LogP contribution in [-0.2, 0) is 6.18 Å². The normalized spacial score (nSPS) is 11.2. The van der Waals surface area contributed by atoms with Crippen molar-refractivity contribution < 1.29 is 32.2 Å². The van der Waals surface area contributed by atoms with Gasteiger partial charge in [0.25, 0.3) is 0 Å². The van der Waals surface area contributed by atoms with Crippen LogP contribution in [0.5, 0.6) is 11.5 Å². The Kier molecular flexibility index (Phi) is 6.11. The molecule has 0 aliphatic heterocycles. The zero-order valence-corrected chi connectivity index (χ0v) is 17.1. The molecule has 0 saturated carbocycles. The van der Waals surface area contributed by atoms with Gasteiger partial charge in [-0.1, -0.05) is 0 Å². The summed E-state index contributed by atoms with van der Waals surface area (Å²) in [7, 11) is 0. The first kappa shape index (κ1) is 22.7. The highest BCUT2D eigenvalue weighted by Crippen LogP contribution is 2.34. The lowest BCUT2D eigenvalue weighted by Crippen LogP contribution is -2.17. The summed E-state index contributed by atoms with van der Waals surface area (Å²) in [6, 6.07) is 11.7. The van der Waals surface area contributed by atoms with Gasteiger partial charge in [-0.25, -0.2) is 9.59 Å². The van der Waals surface area contributed by atoms with Crippen molar-refractivity contribution in [2.24, 2.45) is 0 Å². The quantitative estimate of drug-likeness (QED) is 0.336. The molecule has 3 rings (SSSR count). The lowest BCUT2D eigenvalue weighted by molar-refractivity contribution is -0.138. The first-order valence-electron chi connectivity index (χ1n) is 9.33. The third-order valence-electron chi connectivity index (χ3n) is 4.60. The minimum Gasteiger partial charge on any atom is -0.423 e. The van der Waals surface area contributed by atoms with Gasteiger partial charge in [0.1, 0.15) is 11.5 Å². The fourth-order valence-electron chi connectivity index (χ4n) is 3.01. The molecule has 4 N–H and O–H groups in total. The van der Waals surface area contributed by atoms with Gasteiger partial charge in [-0.05, 0) is 79.6 Å². The number of carbonyl (C=O) groups excluding carboxylic acids is 2. The van der Waals surface area contributed by atoms with E-state index in [1.165, 1.54) is 24.3 Å². The van der Waals surface area contributed by atoms with Crippen LogP contribution >= 0.6 is 0 Å². The SMILES string of the molecule is Cc1cc(OC(=O)c2ccc(N)cc2C)ccc1OC(=O)c1ccc(N)cc1C(F)(F)F. The minimum atomic E-state index is -4.78. The average molecular weight is 444 g/mol. The average Bonchev–Trinajstić information content (AvgIpc) is 2.69. The molecule has 0 aliphatic carbocycles. The number of benzene rings is 3. The van der Waals surface area contributed by atoms with E-state index in [9.17, 15) is 22.8 Å². The molecule has 6 nitrogen and oxygen atoms in total. The topological polar surface area (TPSA) is 105 Å².